The molecule has 9 nitrogen and oxygen atoms in total. The number of hydrogen-bond donors (Lipinski definition) is 0. The molecule has 6 rings (SSSR count). The minimum Gasteiger partial charge on any atom is -0.337 e. The Labute approximate surface area is 234 Å². The predicted octanol–water partition coefficient (Wildman–Crippen LogP) is 4.04. The lowest BCUT2D eigenvalue weighted by atomic mass is 10.1. The van der Waals surface area contributed by atoms with E-state index in [0.29, 0.717) is 38.6 Å². The van der Waals surface area contributed by atoms with Gasteiger partial charge in [-0.05, 0) is 60.7 Å². The van der Waals surface area contributed by atoms with Gasteiger partial charge in [-0.2, -0.15) is 0 Å². The molecular weight excluding hydrogens is 502 g/mol. The van der Waals surface area contributed by atoms with Gasteiger partial charge in [-0.1, -0.05) is 35.5 Å². The summed E-state index contributed by atoms with van der Waals surface area (Å²) in [5.74, 6) is 0.105. The van der Waals surface area contributed by atoms with E-state index in [2.05, 4.69) is 32.3 Å². The Morgan fingerprint density at radius 2 is 1.70 bits per heavy atom. The molecule has 2 atom stereocenters. The van der Waals surface area contributed by atoms with E-state index in [0.717, 1.165) is 48.1 Å². The molecule has 2 amide bonds. The summed E-state index contributed by atoms with van der Waals surface area (Å²) in [6.07, 6.45) is 6.96. The van der Waals surface area contributed by atoms with E-state index >= 15 is 0 Å². The number of rotatable bonds is 5. The van der Waals surface area contributed by atoms with E-state index < -0.39 is 0 Å². The maximum absolute atomic E-state index is 13.9. The summed E-state index contributed by atoms with van der Waals surface area (Å²) in [4.78, 5) is 37.4. The van der Waals surface area contributed by atoms with E-state index in [1.807, 2.05) is 75.4 Å². The zero-order valence-corrected chi connectivity index (χ0v) is 22.9. The second kappa shape index (κ2) is 11.6. The lowest BCUT2D eigenvalue weighted by Gasteiger charge is -2.34. The number of benzene rings is 2. The van der Waals surface area contributed by atoms with Crippen LogP contribution in [0.25, 0.3) is 11.0 Å². The molecule has 0 aliphatic carbocycles. The molecule has 40 heavy (non-hydrogen) atoms. The molecule has 2 unspecified atom stereocenters. The van der Waals surface area contributed by atoms with Crippen LogP contribution in [0.1, 0.15) is 43.7 Å². The second-order valence-electron chi connectivity index (χ2n) is 10.8. The van der Waals surface area contributed by atoms with Gasteiger partial charge in [0.15, 0.2) is 0 Å². The molecule has 0 saturated carbocycles. The third-order valence-corrected chi connectivity index (χ3v) is 8.34. The molecule has 0 radical (unpaired) electrons. The lowest BCUT2D eigenvalue weighted by molar-refractivity contribution is -0.133. The van der Waals surface area contributed by atoms with Crippen LogP contribution in [0.15, 0.2) is 73.1 Å². The fourth-order valence-corrected chi connectivity index (χ4v) is 6.27. The highest BCUT2D eigenvalue weighted by atomic mass is 16.2. The van der Waals surface area contributed by atoms with Gasteiger partial charge < -0.3 is 9.80 Å². The SMILES string of the molecule is CC(=O)N1CCC2CCC(CN(C(=O)CCn3nnc4ccccc43)Cc3ccccc31)N2Cc1ccncc1. The Bertz CT molecular complexity index is 1490. The van der Waals surface area contributed by atoms with Crippen molar-refractivity contribution in [2.24, 2.45) is 0 Å². The van der Waals surface area contributed by atoms with Crippen molar-refractivity contribution < 1.29 is 9.59 Å². The summed E-state index contributed by atoms with van der Waals surface area (Å²) in [6.45, 7) is 4.66. The van der Waals surface area contributed by atoms with Crippen LogP contribution in [-0.4, -0.2) is 66.8 Å². The molecule has 1 saturated heterocycles. The smallest absolute Gasteiger partial charge is 0.224 e. The van der Waals surface area contributed by atoms with Gasteiger partial charge in [-0.3, -0.25) is 19.5 Å². The molecule has 9 heteroatoms. The Hall–Kier alpha value is -4.11. The Kier molecular flexibility index (Phi) is 7.55. The molecule has 1 fully saturated rings. The third kappa shape index (κ3) is 5.47. The molecule has 2 aromatic carbocycles. The van der Waals surface area contributed by atoms with E-state index in [9.17, 15) is 9.59 Å². The molecule has 2 aromatic heterocycles. The van der Waals surface area contributed by atoms with Gasteiger partial charge in [0.1, 0.15) is 5.52 Å². The highest BCUT2D eigenvalue weighted by Gasteiger charge is 2.36. The van der Waals surface area contributed by atoms with Crippen molar-refractivity contribution in [1.82, 2.24) is 29.8 Å². The number of aromatic nitrogens is 4. The zero-order valence-electron chi connectivity index (χ0n) is 22.9. The van der Waals surface area contributed by atoms with Crippen molar-refractivity contribution in [3.05, 3.63) is 84.2 Å². The molecular formula is C31H35N7O2. The van der Waals surface area contributed by atoms with Crippen molar-refractivity contribution in [2.75, 3.05) is 18.0 Å². The van der Waals surface area contributed by atoms with Crippen LogP contribution in [0.4, 0.5) is 5.69 Å². The molecule has 4 aromatic rings. The number of nitrogens with zero attached hydrogens (tertiary/aromatic N) is 7. The average Bonchev–Trinajstić information content (AvgIpc) is 3.55. The van der Waals surface area contributed by atoms with Crippen molar-refractivity contribution in [3.63, 3.8) is 0 Å². The fourth-order valence-electron chi connectivity index (χ4n) is 6.27. The highest BCUT2D eigenvalue weighted by Crippen LogP contribution is 2.32. The van der Waals surface area contributed by atoms with Crippen LogP contribution >= 0.6 is 0 Å². The zero-order chi connectivity index (χ0) is 27.5. The normalized spacial score (nSPS) is 19.8. The number of hydrogen-bond acceptors (Lipinski definition) is 6. The molecule has 2 bridgehead atoms. The number of aryl methyl sites for hydroxylation is 1. The fraction of sp³-hybridized carbons (Fsp3) is 0.387. The highest BCUT2D eigenvalue weighted by molar-refractivity contribution is 5.92. The number of fused-ring (bicyclic) bond motifs is 4. The molecule has 4 heterocycles. The van der Waals surface area contributed by atoms with Gasteiger partial charge in [0.25, 0.3) is 0 Å². The van der Waals surface area contributed by atoms with Crippen LogP contribution in [0.5, 0.6) is 0 Å². The number of para-hydroxylation sites is 2. The summed E-state index contributed by atoms with van der Waals surface area (Å²) in [6, 6.07) is 20.5. The summed E-state index contributed by atoms with van der Waals surface area (Å²) in [7, 11) is 0. The van der Waals surface area contributed by atoms with Gasteiger partial charge in [0, 0.05) is 69.7 Å². The summed E-state index contributed by atoms with van der Waals surface area (Å²) >= 11 is 0. The third-order valence-electron chi connectivity index (χ3n) is 8.34. The average molecular weight is 538 g/mol. The maximum Gasteiger partial charge on any atom is 0.224 e. The monoisotopic (exact) mass is 537 g/mol. The first-order valence-electron chi connectivity index (χ1n) is 14.1. The maximum atomic E-state index is 13.9. The largest absolute Gasteiger partial charge is 0.337 e. The number of carbonyl (C=O) groups excluding carboxylic acids is 2. The first-order chi connectivity index (χ1) is 19.6. The van der Waals surface area contributed by atoms with Crippen molar-refractivity contribution >= 4 is 28.5 Å². The Balaban J connectivity index is 1.30. The van der Waals surface area contributed by atoms with Crippen molar-refractivity contribution in [3.8, 4) is 0 Å². The van der Waals surface area contributed by atoms with Gasteiger partial charge >= 0.3 is 0 Å². The molecule has 2 aliphatic heterocycles. The topological polar surface area (TPSA) is 87.5 Å². The lowest BCUT2D eigenvalue weighted by Crippen LogP contribution is -2.45. The first-order valence-corrected chi connectivity index (χ1v) is 14.1. The Morgan fingerprint density at radius 1 is 0.925 bits per heavy atom. The summed E-state index contributed by atoms with van der Waals surface area (Å²) in [5, 5.41) is 8.53. The minimum absolute atomic E-state index is 0.0258. The van der Waals surface area contributed by atoms with Gasteiger partial charge in [0.05, 0.1) is 12.1 Å². The second-order valence-corrected chi connectivity index (χ2v) is 10.8. The van der Waals surface area contributed by atoms with Gasteiger partial charge in [0.2, 0.25) is 11.8 Å². The van der Waals surface area contributed by atoms with Crippen LogP contribution in [-0.2, 0) is 29.2 Å². The van der Waals surface area contributed by atoms with Gasteiger partial charge in [-0.25, -0.2) is 4.68 Å². The van der Waals surface area contributed by atoms with E-state index in [1.165, 1.54) is 5.56 Å². The quantitative estimate of drug-likeness (QED) is 0.382. The minimum atomic E-state index is 0.0258. The number of amides is 2. The van der Waals surface area contributed by atoms with Gasteiger partial charge in [-0.15, -0.1) is 5.10 Å². The summed E-state index contributed by atoms with van der Waals surface area (Å²) in [5.41, 5.74) is 4.86. The van der Waals surface area contributed by atoms with E-state index in [4.69, 9.17) is 0 Å². The van der Waals surface area contributed by atoms with Crippen LogP contribution in [0, 0.1) is 0 Å². The standard InChI is InChI=1S/C31H35N7O2/c1-23(39)36-18-14-26-10-11-27(37(26)20-24-12-16-32-17-13-24)22-35(21-25-6-2-4-8-29(25)36)31(40)15-19-38-30-9-5-3-7-28(30)33-34-38/h2-9,12-13,16-17,26-27H,10-11,14-15,18-22H2,1H3. The van der Waals surface area contributed by atoms with E-state index in [-0.39, 0.29) is 17.9 Å². The number of carbonyl (C=O) groups is 2. The van der Waals surface area contributed by atoms with Crippen LogP contribution in [0.3, 0.4) is 0 Å². The number of pyridine rings is 1. The van der Waals surface area contributed by atoms with E-state index in [1.54, 1.807) is 6.92 Å². The molecule has 206 valence electrons. The predicted molar refractivity (Wildman–Crippen MR) is 153 cm³/mol. The number of anilines is 1. The van der Waals surface area contributed by atoms with Crippen molar-refractivity contribution in [1.29, 1.82) is 0 Å². The molecule has 0 N–H and O–H groups in total. The summed E-state index contributed by atoms with van der Waals surface area (Å²) < 4.78 is 1.81. The van der Waals surface area contributed by atoms with Crippen LogP contribution in [0.2, 0.25) is 0 Å². The van der Waals surface area contributed by atoms with Crippen molar-refractivity contribution in [2.45, 2.75) is 64.3 Å². The Morgan fingerprint density at radius 3 is 2.55 bits per heavy atom. The molecule has 0 spiro atoms. The first kappa shape index (κ1) is 26.1. The molecule has 2 aliphatic rings. The van der Waals surface area contributed by atoms with Crippen LogP contribution < -0.4 is 4.90 Å².